The summed E-state index contributed by atoms with van der Waals surface area (Å²) in [6.07, 6.45) is 2.48. The number of amides is 1. The van der Waals surface area contributed by atoms with E-state index in [-0.39, 0.29) is 23.2 Å². The lowest BCUT2D eigenvalue weighted by molar-refractivity contribution is -0.140. The molecule has 5 heteroatoms. The number of aliphatic carboxylic acids is 1. The lowest BCUT2D eigenvalue weighted by Gasteiger charge is -2.34. The monoisotopic (exact) mass is 293 g/mol. The van der Waals surface area contributed by atoms with Crippen LogP contribution < -0.4 is 0 Å². The number of carboxylic acid groups (broad SMARTS) is 1. The number of carbonyl (C=O) groups excluding carboxylic acids is 1. The summed E-state index contributed by atoms with van der Waals surface area (Å²) < 4.78 is 0. The van der Waals surface area contributed by atoms with Gasteiger partial charge in [0.15, 0.2) is 0 Å². The summed E-state index contributed by atoms with van der Waals surface area (Å²) in [6, 6.07) is 3.97. The summed E-state index contributed by atoms with van der Waals surface area (Å²) in [5, 5.41) is 11.1. The van der Waals surface area contributed by atoms with Crippen molar-refractivity contribution in [1.82, 2.24) is 4.90 Å². The second kappa shape index (κ2) is 4.88. The van der Waals surface area contributed by atoms with Crippen molar-refractivity contribution in [2.24, 2.45) is 11.3 Å². The Morgan fingerprint density at radius 3 is 2.65 bits per heavy atom. The van der Waals surface area contributed by atoms with Gasteiger partial charge in [0.05, 0.1) is 11.8 Å². The van der Waals surface area contributed by atoms with Crippen molar-refractivity contribution in [2.75, 3.05) is 13.1 Å². The van der Waals surface area contributed by atoms with Crippen LogP contribution in [-0.2, 0) is 9.59 Å². The van der Waals surface area contributed by atoms with Crippen LogP contribution in [0.2, 0.25) is 0 Å². The van der Waals surface area contributed by atoms with E-state index in [0.717, 1.165) is 24.1 Å². The minimum atomic E-state index is -0.670. The Morgan fingerprint density at radius 1 is 1.45 bits per heavy atom. The van der Waals surface area contributed by atoms with Crippen LogP contribution in [0.4, 0.5) is 0 Å². The second-order valence-corrected chi connectivity index (χ2v) is 7.00. The normalized spacial score (nSPS) is 25.4. The van der Waals surface area contributed by atoms with Gasteiger partial charge in [0.1, 0.15) is 0 Å². The Labute approximate surface area is 122 Å². The molecule has 2 heterocycles. The van der Waals surface area contributed by atoms with E-state index in [2.05, 4.69) is 0 Å². The molecule has 108 valence electrons. The predicted molar refractivity (Wildman–Crippen MR) is 76.7 cm³/mol. The number of piperidine rings is 1. The van der Waals surface area contributed by atoms with Crippen LogP contribution in [0.1, 0.15) is 37.0 Å². The molecular formula is C15H19NO3S. The van der Waals surface area contributed by atoms with E-state index < -0.39 is 5.97 Å². The first-order valence-corrected chi connectivity index (χ1v) is 7.96. The molecule has 2 aliphatic rings. The molecule has 4 nitrogen and oxygen atoms in total. The highest BCUT2D eigenvalue weighted by Gasteiger charge is 2.59. The molecule has 1 aliphatic heterocycles. The van der Waals surface area contributed by atoms with Gasteiger partial charge >= 0.3 is 5.97 Å². The van der Waals surface area contributed by atoms with Gasteiger partial charge in [0.2, 0.25) is 5.91 Å². The first kappa shape index (κ1) is 13.6. The molecule has 1 aromatic heterocycles. The van der Waals surface area contributed by atoms with Gasteiger partial charge in [-0.2, -0.15) is 0 Å². The first-order valence-electron chi connectivity index (χ1n) is 7.08. The molecule has 1 N–H and O–H groups in total. The van der Waals surface area contributed by atoms with Crippen molar-refractivity contribution in [3.05, 3.63) is 22.4 Å². The Balaban J connectivity index is 1.59. The zero-order valence-electron chi connectivity index (χ0n) is 11.5. The molecule has 0 radical (unpaired) electrons. The van der Waals surface area contributed by atoms with Gasteiger partial charge in [-0.3, -0.25) is 9.59 Å². The number of hydrogen-bond donors (Lipinski definition) is 1. The Hall–Kier alpha value is -1.36. The molecule has 3 rings (SSSR count). The average molecular weight is 293 g/mol. The van der Waals surface area contributed by atoms with Crippen LogP contribution in [0.15, 0.2) is 17.5 Å². The molecule has 20 heavy (non-hydrogen) atoms. The van der Waals surface area contributed by atoms with Crippen LogP contribution >= 0.6 is 11.3 Å². The molecule has 1 saturated carbocycles. The van der Waals surface area contributed by atoms with Gasteiger partial charge in [-0.25, -0.2) is 0 Å². The molecule has 2 unspecified atom stereocenters. The third-order valence-corrected chi connectivity index (χ3v) is 5.95. The number of nitrogens with zero attached hydrogens (tertiary/aromatic N) is 1. The predicted octanol–water partition coefficient (Wildman–Crippen LogP) is 2.56. The fraction of sp³-hybridized carbons (Fsp3) is 0.600. The molecule has 2 atom stereocenters. The number of carbonyl (C=O) groups is 2. The molecule has 1 amide bonds. The van der Waals surface area contributed by atoms with E-state index in [9.17, 15) is 9.59 Å². The zero-order chi connectivity index (χ0) is 14.3. The van der Waals surface area contributed by atoms with Gasteiger partial charge in [0.25, 0.3) is 0 Å². The molecular weight excluding hydrogens is 274 g/mol. The molecule has 2 fully saturated rings. The third kappa shape index (κ3) is 2.24. The topological polar surface area (TPSA) is 57.6 Å². The number of hydrogen-bond acceptors (Lipinski definition) is 3. The Kier molecular flexibility index (Phi) is 3.32. The highest BCUT2D eigenvalue weighted by atomic mass is 32.1. The molecule has 1 saturated heterocycles. The van der Waals surface area contributed by atoms with Crippen molar-refractivity contribution >= 4 is 23.2 Å². The zero-order valence-corrected chi connectivity index (χ0v) is 12.4. The van der Waals surface area contributed by atoms with Crippen LogP contribution in [0.3, 0.4) is 0 Å². The van der Waals surface area contributed by atoms with Crippen molar-refractivity contribution in [3.8, 4) is 0 Å². The van der Waals surface area contributed by atoms with Crippen LogP contribution in [-0.4, -0.2) is 35.0 Å². The summed E-state index contributed by atoms with van der Waals surface area (Å²) in [7, 11) is 0. The summed E-state index contributed by atoms with van der Waals surface area (Å²) in [5.41, 5.74) is -0.00518. The number of likely N-dealkylation sites (tertiary alicyclic amines) is 1. The summed E-state index contributed by atoms with van der Waals surface area (Å²) in [6.45, 7) is 3.37. The largest absolute Gasteiger partial charge is 0.481 e. The highest BCUT2D eigenvalue weighted by molar-refractivity contribution is 7.10. The minimum absolute atomic E-state index is 0.00518. The van der Waals surface area contributed by atoms with E-state index in [1.54, 1.807) is 11.3 Å². The maximum absolute atomic E-state index is 12.5. The number of carboxylic acids is 1. The Morgan fingerprint density at radius 2 is 2.15 bits per heavy atom. The second-order valence-electron chi connectivity index (χ2n) is 6.02. The maximum atomic E-state index is 12.5. The van der Waals surface area contributed by atoms with Crippen molar-refractivity contribution in [3.63, 3.8) is 0 Å². The lowest BCUT2D eigenvalue weighted by Crippen LogP contribution is -2.41. The van der Waals surface area contributed by atoms with Crippen LogP contribution in [0.5, 0.6) is 0 Å². The standard InChI is InChI=1S/C15H19NO3S/c1-10(12-3-2-8-20-12)13(17)16-6-4-15(5-7-16)9-11(15)14(18)19/h2-3,8,10-11H,4-7,9H2,1H3,(H,18,19). The van der Waals surface area contributed by atoms with E-state index in [1.165, 1.54) is 0 Å². The van der Waals surface area contributed by atoms with Crippen LogP contribution in [0.25, 0.3) is 0 Å². The summed E-state index contributed by atoms with van der Waals surface area (Å²) in [4.78, 5) is 26.5. The average Bonchev–Trinajstić information content (AvgIpc) is 2.90. The quantitative estimate of drug-likeness (QED) is 0.932. The molecule has 1 aliphatic carbocycles. The molecule has 1 aromatic rings. The van der Waals surface area contributed by atoms with Gasteiger partial charge in [-0.1, -0.05) is 6.07 Å². The first-order chi connectivity index (χ1) is 9.53. The van der Waals surface area contributed by atoms with Crippen molar-refractivity contribution < 1.29 is 14.7 Å². The van der Waals surface area contributed by atoms with E-state index >= 15 is 0 Å². The molecule has 0 aromatic carbocycles. The van der Waals surface area contributed by atoms with E-state index in [4.69, 9.17) is 5.11 Å². The van der Waals surface area contributed by atoms with Crippen LogP contribution in [0, 0.1) is 11.3 Å². The van der Waals surface area contributed by atoms with Gasteiger partial charge in [-0.15, -0.1) is 11.3 Å². The smallest absolute Gasteiger partial charge is 0.307 e. The highest BCUT2D eigenvalue weighted by Crippen LogP contribution is 2.59. The minimum Gasteiger partial charge on any atom is -0.481 e. The van der Waals surface area contributed by atoms with Crippen molar-refractivity contribution in [1.29, 1.82) is 0 Å². The third-order valence-electron chi connectivity index (χ3n) is 4.90. The summed E-state index contributed by atoms with van der Waals surface area (Å²) >= 11 is 1.61. The van der Waals surface area contributed by atoms with Gasteiger partial charge in [-0.05, 0) is 43.0 Å². The van der Waals surface area contributed by atoms with Gasteiger partial charge in [0, 0.05) is 18.0 Å². The lowest BCUT2D eigenvalue weighted by atomic mass is 9.90. The molecule has 0 bridgehead atoms. The van der Waals surface area contributed by atoms with E-state index in [1.807, 2.05) is 29.3 Å². The van der Waals surface area contributed by atoms with Crippen molar-refractivity contribution in [2.45, 2.75) is 32.1 Å². The fourth-order valence-electron chi connectivity index (χ4n) is 3.36. The van der Waals surface area contributed by atoms with E-state index in [0.29, 0.717) is 13.1 Å². The fourth-order valence-corrected chi connectivity index (χ4v) is 4.13. The molecule has 1 spiro atoms. The SMILES string of the molecule is CC(C(=O)N1CCC2(CC1)CC2C(=O)O)c1cccs1. The maximum Gasteiger partial charge on any atom is 0.307 e. The number of thiophene rings is 1. The summed E-state index contributed by atoms with van der Waals surface area (Å²) in [5.74, 6) is -0.750. The van der Waals surface area contributed by atoms with Gasteiger partial charge < -0.3 is 10.0 Å². The Bertz CT molecular complexity index is 517. The number of rotatable bonds is 3.